The van der Waals surface area contributed by atoms with Gasteiger partial charge in [-0.2, -0.15) is 0 Å². The third-order valence-electron chi connectivity index (χ3n) is 4.23. The molecule has 120 valence electrons. The maximum absolute atomic E-state index is 5.44. The monoisotopic (exact) mass is 355 g/mol. The largest absolute Gasteiger partial charge is 0.366 e. The molecule has 0 bridgehead atoms. The van der Waals surface area contributed by atoms with Crippen LogP contribution < -0.4 is 16.0 Å². The van der Waals surface area contributed by atoms with Crippen LogP contribution >= 0.6 is 15.9 Å². The minimum atomic E-state index is 0.352. The van der Waals surface area contributed by atoms with Gasteiger partial charge in [-0.3, -0.25) is 0 Å². The molecule has 0 aliphatic carbocycles. The summed E-state index contributed by atoms with van der Waals surface area (Å²) in [6, 6.07) is 9.99. The van der Waals surface area contributed by atoms with Crippen LogP contribution in [0.2, 0.25) is 0 Å². The molecule has 1 heterocycles. The van der Waals surface area contributed by atoms with Gasteiger partial charge in [0.2, 0.25) is 0 Å². The number of piperazine rings is 1. The lowest BCUT2D eigenvalue weighted by Gasteiger charge is -2.40. The average Bonchev–Trinajstić information content (AvgIpc) is 2.42. The van der Waals surface area contributed by atoms with Crippen molar-refractivity contribution in [1.82, 2.24) is 5.32 Å². The Morgan fingerprint density at radius 1 is 1.29 bits per heavy atom. The molecule has 0 aromatic heterocycles. The highest BCUT2D eigenvalue weighted by atomic mass is 79.9. The Kier molecular flexibility index (Phi) is 7.71. The normalized spacial score (nSPS) is 23.5. The smallest absolute Gasteiger partial charge is 0.0412 e. The predicted octanol–water partition coefficient (Wildman–Crippen LogP) is 3.63. The summed E-state index contributed by atoms with van der Waals surface area (Å²) in [5.41, 5.74) is 6.75. The van der Waals surface area contributed by atoms with E-state index >= 15 is 0 Å². The highest BCUT2D eigenvalue weighted by Gasteiger charge is 2.24. The van der Waals surface area contributed by atoms with Gasteiger partial charge in [-0.05, 0) is 44.9 Å². The zero-order valence-corrected chi connectivity index (χ0v) is 15.5. The van der Waals surface area contributed by atoms with Gasteiger partial charge >= 0.3 is 0 Å². The van der Waals surface area contributed by atoms with Crippen molar-refractivity contribution >= 4 is 21.6 Å². The second kappa shape index (κ2) is 8.76. The maximum atomic E-state index is 5.44. The molecule has 3 atom stereocenters. The summed E-state index contributed by atoms with van der Waals surface area (Å²) < 4.78 is 1.15. The number of halogens is 1. The Bertz CT molecular complexity index is 414. The van der Waals surface area contributed by atoms with Crippen molar-refractivity contribution < 1.29 is 0 Å². The summed E-state index contributed by atoms with van der Waals surface area (Å²) >= 11 is 3.52. The van der Waals surface area contributed by atoms with Gasteiger partial charge in [0.25, 0.3) is 0 Å². The molecular formula is C17H30BrN3. The third-order valence-corrected chi connectivity index (χ3v) is 4.72. The van der Waals surface area contributed by atoms with E-state index in [4.69, 9.17) is 5.73 Å². The molecule has 0 radical (unpaired) electrons. The summed E-state index contributed by atoms with van der Waals surface area (Å²) in [6.07, 6.45) is 0. The fourth-order valence-electron chi connectivity index (χ4n) is 2.08. The molecule has 3 nitrogen and oxygen atoms in total. The molecule has 0 amide bonds. The van der Waals surface area contributed by atoms with Gasteiger partial charge in [0.05, 0.1) is 0 Å². The van der Waals surface area contributed by atoms with Crippen molar-refractivity contribution in [3.63, 3.8) is 0 Å². The zero-order chi connectivity index (χ0) is 16.0. The molecule has 2 rings (SSSR count). The van der Waals surface area contributed by atoms with E-state index in [1.165, 1.54) is 5.69 Å². The van der Waals surface area contributed by atoms with E-state index in [0.717, 1.165) is 17.6 Å². The van der Waals surface area contributed by atoms with Crippen LogP contribution in [-0.2, 0) is 0 Å². The van der Waals surface area contributed by atoms with E-state index < -0.39 is 0 Å². The Balaban J connectivity index is 0.000000315. The van der Waals surface area contributed by atoms with Gasteiger partial charge in [-0.1, -0.05) is 35.8 Å². The average molecular weight is 356 g/mol. The first-order chi connectivity index (χ1) is 9.82. The van der Waals surface area contributed by atoms with E-state index in [2.05, 4.69) is 78.1 Å². The number of benzene rings is 1. The molecule has 1 fully saturated rings. The summed E-state index contributed by atoms with van der Waals surface area (Å²) in [4.78, 5) is 2.46. The molecule has 1 aliphatic heterocycles. The minimum Gasteiger partial charge on any atom is -0.366 e. The van der Waals surface area contributed by atoms with Crippen LogP contribution in [0.5, 0.6) is 0 Å². The summed E-state index contributed by atoms with van der Waals surface area (Å²) in [6.45, 7) is 12.9. The Hall–Kier alpha value is -0.580. The van der Waals surface area contributed by atoms with Crippen molar-refractivity contribution in [3.8, 4) is 0 Å². The van der Waals surface area contributed by atoms with Gasteiger partial charge in [0, 0.05) is 41.4 Å². The van der Waals surface area contributed by atoms with E-state index in [9.17, 15) is 0 Å². The van der Waals surface area contributed by atoms with E-state index in [-0.39, 0.29) is 0 Å². The second-order valence-corrected chi connectivity index (χ2v) is 7.18. The number of nitrogens with one attached hydrogen (secondary N) is 1. The van der Waals surface area contributed by atoms with Crippen LogP contribution in [0.15, 0.2) is 28.7 Å². The van der Waals surface area contributed by atoms with Gasteiger partial charge in [-0.25, -0.2) is 0 Å². The minimum absolute atomic E-state index is 0.352. The molecule has 3 unspecified atom stereocenters. The molecule has 21 heavy (non-hydrogen) atoms. The lowest BCUT2D eigenvalue weighted by atomic mass is 10.1. The van der Waals surface area contributed by atoms with Crippen LogP contribution in [0, 0.1) is 5.92 Å². The highest BCUT2D eigenvalue weighted by Crippen LogP contribution is 2.23. The Morgan fingerprint density at radius 3 is 2.43 bits per heavy atom. The highest BCUT2D eigenvalue weighted by molar-refractivity contribution is 9.10. The van der Waals surface area contributed by atoms with E-state index in [0.29, 0.717) is 24.0 Å². The van der Waals surface area contributed by atoms with E-state index in [1.54, 1.807) is 0 Å². The zero-order valence-electron chi connectivity index (χ0n) is 13.9. The molecule has 4 heteroatoms. The third kappa shape index (κ3) is 5.97. The Morgan fingerprint density at radius 2 is 1.90 bits per heavy atom. The number of anilines is 1. The van der Waals surface area contributed by atoms with E-state index in [1.807, 2.05) is 6.92 Å². The number of nitrogens with two attached hydrogens (primary N) is 1. The van der Waals surface area contributed by atoms with Crippen molar-refractivity contribution in [3.05, 3.63) is 28.7 Å². The topological polar surface area (TPSA) is 41.3 Å². The Labute approximate surface area is 138 Å². The number of rotatable bonds is 2. The molecule has 1 aromatic carbocycles. The SMILES string of the molecule is CC(C)C(C)N.CC1NCCN(c2cccc(Br)c2)C1C. The summed E-state index contributed by atoms with van der Waals surface area (Å²) in [5, 5.41) is 3.49. The number of nitrogens with zero attached hydrogens (tertiary/aromatic N) is 1. The first-order valence-corrected chi connectivity index (χ1v) is 8.63. The number of hydrogen-bond donors (Lipinski definition) is 2. The van der Waals surface area contributed by atoms with Crippen LogP contribution in [0.4, 0.5) is 5.69 Å². The van der Waals surface area contributed by atoms with Crippen molar-refractivity contribution in [2.24, 2.45) is 11.7 Å². The molecular weight excluding hydrogens is 326 g/mol. The quantitative estimate of drug-likeness (QED) is 0.850. The standard InChI is InChI=1S/C12H17BrN2.C5H13N/c1-9-10(2)15(7-6-14-9)12-5-3-4-11(13)8-12;1-4(2)5(3)6/h3-5,8-10,14H,6-7H2,1-2H3;4-5H,6H2,1-3H3. The summed E-state index contributed by atoms with van der Waals surface area (Å²) in [7, 11) is 0. The van der Waals surface area contributed by atoms with Gasteiger partial charge < -0.3 is 16.0 Å². The van der Waals surface area contributed by atoms with Gasteiger partial charge in [0.15, 0.2) is 0 Å². The van der Waals surface area contributed by atoms with Crippen molar-refractivity contribution in [1.29, 1.82) is 0 Å². The molecule has 1 aromatic rings. The number of hydrogen-bond acceptors (Lipinski definition) is 3. The maximum Gasteiger partial charge on any atom is 0.0412 e. The predicted molar refractivity (Wildman–Crippen MR) is 96.9 cm³/mol. The van der Waals surface area contributed by atoms with Crippen molar-refractivity contribution in [2.75, 3.05) is 18.0 Å². The first kappa shape index (κ1) is 18.5. The van der Waals surface area contributed by atoms with Crippen LogP contribution in [-0.4, -0.2) is 31.2 Å². The van der Waals surface area contributed by atoms with Crippen LogP contribution in [0.25, 0.3) is 0 Å². The lowest BCUT2D eigenvalue weighted by Crippen LogP contribution is -2.55. The lowest BCUT2D eigenvalue weighted by molar-refractivity contribution is 0.404. The molecule has 1 saturated heterocycles. The van der Waals surface area contributed by atoms with Crippen LogP contribution in [0.3, 0.4) is 0 Å². The van der Waals surface area contributed by atoms with Gasteiger partial charge in [-0.15, -0.1) is 0 Å². The summed E-state index contributed by atoms with van der Waals surface area (Å²) in [5.74, 6) is 0.630. The molecule has 0 saturated carbocycles. The van der Waals surface area contributed by atoms with Crippen molar-refractivity contribution in [2.45, 2.75) is 52.7 Å². The molecule has 3 N–H and O–H groups in total. The van der Waals surface area contributed by atoms with Gasteiger partial charge in [0.1, 0.15) is 0 Å². The fraction of sp³-hybridized carbons (Fsp3) is 0.647. The molecule has 0 spiro atoms. The fourth-order valence-corrected chi connectivity index (χ4v) is 2.46. The first-order valence-electron chi connectivity index (χ1n) is 7.84. The molecule has 1 aliphatic rings. The second-order valence-electron chi connectivity index (χ2n) is 6.26. The van der Waals surface area contributed by atoms with Crippen LogP contribution in [0.1, 0.15) is 34.6 Å².